The van der Waals surface area contributed by atoms with E-state index in [9.17, 15) is 8.78 Å². The molecule has 0 saturated heterocycles. The van der Waals surface area contributed by atoms with Gasteiger partial charge in [0.25, 0.3) is 0 Å². The molecular formula is C22H19F2N3. The number of aryl methyl sites for hydroxylation is 3. The fourth-order valence-corrected chi connectivity index (χ4v) is 3.42. The highest BCUT2D eigenvalue weighted by atomic mass is 19.1. The van der Waals surface area contributed by atoms with Crippen molar-refractivity contribution in [3.8, 4) is 0 Å². The van der Waals surface area contributed by atoms with Crippen LogP contribution in [0.15, 0.2) is 54.7 Å². The Morgan fingerprint density at radius 1 is 0.889 bits per heavy atom. The zero-order valence-electron chi connectivity index (χ0n) is 15.0. The van der Waals surface area contributed by atoms with Gasteiger partial charge in [-0.3, -0.25) is 10.1 Å². The summed E-state index contributed by atoms with van der Waals surface area (Å²) in [5, 5.41) is 8.22. The Morgan fingerprint density at radius 3 is 2.48 bits per heavy atom. The van der Waals surface area contributed by atoms with Crippen LogP contribution in [-0.4, -0.2) is 15.2 Å². The van der Waals surface area contributed by atoms with Crippen LogP contribution >= 0.6 is 0 Å². The van der Waals surface area contributed by atoms with Crippen molar-refractivity contribution in [2.24, 2.45) is 0 Å². The largest absolute Gasteiger partial charge is 0.278 e. The van der Waals surface area contributed by atoms with Crippen molar-refractivity contribution in [2.75, 3.05) is 0 Å². The van der Waals surface area contributed by atoms with Gasteiger partial charge in [0.1, 0.15) is 11.6 Å². The molecule has 0 bridgehead atoms. The Hall–Kier alpha value is -3.08. The van der Waals surface area contributed by atoms with Crippen LogP contribution in [0.3, 0.4) is 0 Å². The maximum atomic E-state index is 13.4. The molecule has 0 atom stereocenters. The SMILES string of the molecule is Cc1cc(CCc2cccc(Cc3cc(F)cc(F)c3)n2)cc2cn[nH]c12. The van der Waals surface area contributed by atoms with Crippen LogP contribution in [0.1, 0.15) is 28.1 Å². The fourth-order valence-electron chi connectivity index (χ4n) is 3.42. The average Bonchev–Trinajstić information content (AvgIpc) is 3.09. The molecule has 2 aromatic heterocycles. The topological polar surface area (TPSA) is 41.6 Å². The van der Waals surface area contributed by atoms with Gasteiger partial charge in [0, 0.05) is 29.3 Å². The zero-order chi connectivity index (χ0) is 18.8. The Morgan fingerprint density at radius 2 is 1.67 bits per heavy atom. The summed E-state index contributed by atoms with van der Waals surface area (Å²) in [6, 6.07) is 13.7. The van der Waals surface area contributed by atoms with Crippen molar-refractivity contribution in [3.63, 3.8) is 0 Å². The third kappa shape index (κ3) is 4.03. The second-order valence-electron chi connectivity index (χ2n) is 6.82. The number of hydrogen-bond acceptors (Lipinski definition) is 2. The summed E-state index contributed by atoms with van der Waals surface area (Å²) >= 11 is 0. The molecule has 0 fully saturated rings. The molecule has 4 rings (SSSR count). The van der Waals surface area contributed by atoms with Crippen molar-refractivity contribution in [2.45, 2.75) is 26.2 Å². The summed E-state index contributed by atoms with van der Waals surface area (Å²) in [5.41, 5.74) is 5.84. The molecule has 0 spiro atoms. The minimum absolute atomic E-state index is 0.405. The summed E-state index contributed by atoms with van der Waals surface area (Å²) in [6.45, 7) is 2.07. The first kappa shape index (κ1) is 17.3. The predicted molar refractivity (Wildman–Crippen MR) is 102 cm³/mol. The number of halogens is 2. The van der Waals surface area contributed by atoms with E-state index >= 15 is 0 Å². The summed E-state index contributed by atoms with van der Waals surface area (Å²) in [6.07, 6.45) is 3.91. The molecule has 0 aliphatic heterocycles. The van der Waals surface area contributed by atoms with E-state index in [4.69, 9.17) is 0 Å². The lowest BCUT2D eigenvalue weighted by molar-refractivity contribution is 0.580. The monoisotopic (exact) mass is 363 g/mol. The number of hydrogen-bond donors (Lipinski definition) is 1. The van der Waals surface area contributed by atoms with E-state index in [2.05, 4.69) is 34.2 Å². The average molecular weight is 363 g/mol. The Bertz CT molecular complexity index is 1080. The molecule has 0 aliphatic rings. The molecule has 0 aliphatic carbocycles. The number of nitrogens with zero attached hydrogens (tertiary/aromatic N) is 2. The van der Waals surface area contributed by atoms with Crippen LogP contribution in [0, 0.1) is 18.6 Å². The number of benzene rings is 2. The van der Waals surface area contributed by atoms with Gasteiger partial charge < -0.3 is 0 Å². The van der Waals surface area contributed by atoms with E-state index in [-0.39, 0.29) is 0 Å². The van der Waals surface area contributed by atoms with Crippen LogP contribution in [0.25, 0.3) is 10.9 Å². The number of aromatic nitrogens is 3. The molecule has 1 N–H and O–H groups in total. The minimum Gasteiger partial charge on any atom is -0.278 e. The lowest BCUT2D eigenvalue weighted by Gasteiger charge is -2.07. The molecule has 5 heteroatoms. The van der Waals surface area contributed by atoms with E-state index < -0.39 is 11.6 Å². The van der Waals surface area contributed by atoms with Gasteiger partial charge in [-0.25, -0.2) is 8.78 Å². The minimum atomic E-state index is -0.564. The van der Waals surface area contributed by atoms with Gasteiger partial charge >= 0.3 is 0 Å². The third-order valence-corrected chi connectivity index (χ3v) is 4.65. The molecule has 0 unspecified atom stereocenters. The van der Waals surface area contributed by atoms with Gasteiger partial charge in [-0.15, -0.1) is 0 Å². The molecule has 0 saturated carbocycles. The fraction of sp³-hybridized carbons (Fsp3) is 0.182. The van der Waals surface area contributed by atoms with Gasteiger partial charge in [0.15, 0.2) is 0 Å². The van der Waals surface area contributed by atoms with Crippen LogP contribution in [0.4, 0.5) is 8.78 Å². The van der Waals surface area contributed by atoms with Crippen molar-refractivity contribution in [1.82, 2.24) is 15.2 Å². The first-order valence-electron chi connectivity index (χ1n) is 8.89. The van der Waals surface area contributed by atoms with Crippen LogP contribution < -0.4 is 0 Å². The molecule has 27 heavy (non-hydrogen) atoms. The maximum absolute atomic E-state index is 13.4. The Labute approximate surface area is 156 Å². The second-order valence-corrected chi connectivity index (χ2v) is 6.82. The summed E-state index contributed by atoms with van der Waals surface area (Å²) < 4.78 is 26.7. The quantitative estimate of drug-likeness (QED) is 0.547. The smallest absolute Gasteiger partial charge is 0.126 e. The molecule has 2 aromatic carbocycles. The van der Waals surface area contributed by atoms with Gasteiger partial charge in [-0.1, -0.05) is 12.1 Å². The van der Waals surface area contributed by atoms with Crippen molar-refractivity contribution in [1.29, 1.82) is 0 Å². The number of aromatic amines is 1. The normalized spacial score (nSPS) is 11.2. The standard InChI is InChI=1S/C22H19F2N3/c1-14-7-15(8-17-13-25-27-22(14)17)5-6-20-3-2-4-21(26-20)11-16-9-18(23)12-19(24)10-16/h2-4,7-10,12-13H,5-6,11H2,1H3,(H,25,27). The van der Waals surface area contributed by atoms with Gasteiger partial charge in [0.2, 0.25) is 0 Å². The molecule has 3 nitrogen and oxygen atoms in total. The van der Waals surface area contributed by atoms with Gasteiger partial charge in [0.05, 0.1) is 11.7 Å². The zero-order valence-corrected chi connectivity index (χ0v) is 15.0. The molecule has 4 aromatic rings. The van der Waals surface area contributed by atoms with Crippen LogP contribution in [-0.2, 0) is 19.3 Å². The van der Waals surface area contributed by atoms with Crippen molar-refractivity contribution < 1.29 is 8.78 Å². The second kappa shape index (κ2) is 7.27. The maximum Gasteiger partial charge on any atom is 0.126 e. The van der Waals surface area contributed by atoms with E-state index in [0.717, 1.165) is 41.2 Å². The predicted octanol–water partition coefficient (Wildman–Crippen LogP) is 4.92. The van der Waals surface area contributed by atoms with E-state index in [1.807, 2.05) is 24.4 Å². The van der Waals surface area contributed by atoms with Crippen molar-refractivity contribution in [3.05, 3.63) is 94.4 Å². The molecule has 0 radical (unpaired) electrons. The van der Waals surface area contributed by atoms with Crippen LogP contribution in [0.5, 0.6) is 0 Å². The lowest BCUT2D eigenvalue weighted by atomic mass is 10.0. The molecule has 0 amide bonds. The molecule has 2 heterocycles. The van der Waals surface area contributed by atoms with E-state index in [1.54, 1.807) is 0 Å². The van der Waals surface area contributed by atoms with Gasteiger partial charge in [-0.05, 0) is 66.8 Å². The van der Waals surface area contributed by atoms with Crippen LogP contribution in [0.2, 0.25) is 0 Å². The Balaban J connectivity index is 1.48. The number of pyridine rings is 1. The number of H-pyrrole nitrogens is 1. The summed E-state index contributed by atoms with van der Waals surface area (Å²) in [5.74, 6) is -1.13. The first-order valence-corrected chi connectivity index (χ1v) is 8.89. The van der Waals surface area contributed by atoms with E-state index in [0.29, 0.717) is 12.0 Å². The highest BCUT2D eigenvalue weighted by Crippen LogP contribution is 2.19. The highest BCUT2D eigenvalue weighted by Gasteiger charge is 2.06. The summed E-state index contributed by atoms with van der Waals surface area (Å²) in [7, 11) is 0. The van der Waals surface area contributed by atoms with E-state index in [1.165, 1.54) is 23.3 Å². The summed E-state index contributed by atoms with van der Waals surface area (Å²) in [4.78, 5) is 4.65. The molecule has 136 valence electrons. The highest BCUT2D eigenvalue weighted by molar-refractivity contribution is 5.81. The number of rotatable bonds is 5. The lowest BCUT2D eigenvalue weighted by Crippen LogP contribution is -2.00. The number of nitrogens with one attached hydrogen (secondary N) is 1. The Kier molecular flexibility index (Phi) is 4.67. The van der Waals surface area contributed by atoms with Crippen molar-refractivity contribution >= 4 is 10.9 Å². The third-order valence-electron chi connectivity index (χ3n) is 4.65. The van der Waals surface area contributed by atoms with Gasteiger partial charge in [-0.2, -0.15) is 5.10 Å². The first-order chi connectivity index (χ1) is 13.1. The number of fused-ring (bicyclic) bond motifs is 1. The molecular weight excluding hydrogens is 344 g/mol.